The van der Waals surface area contributed by atoms with Gasteiger partial charge in [0.25, 0.3) is 5.91 Å². The molecule has 0 saturated heterocycles. The number of methoxy groups -OCH3 is 1. The molecule has 2 aromatic rings. The van der Waals surface area contributed by atoms with Crippen molar-refractivity contribution in [2.45, 2.75) is 26.8 Å². The molecule has 0 atom stereocenters. The Labute approximate surface area is 153 Å². The molecule has 0 aliphatic heterocycles. The summed E-state index contributed by atoms with van der Waals surface area (Å²) in [5.41, 5.74) is 3.00. The summed E-state index contributed by atoms with van der Waals surface area (Å²) in [6, 6.07) is 9.43. The Morgan fingerprint density at radius 3 is 2.65 bits per heavy atom. The highest BCUT2D eigenvalue weighted by molar-refractivity contribution is 5.78. The van der Waals surface area contributed by atoms with Crippen LogP contribution in [-0.2, 0) is 20.9 Å². The number of carbonyl (C=O) groups is 2. The summed E-state index contributed by atoms with van der Waals surface area (Å²) >= 11 is 0. The summed E-state index contributed by atoms with van der Waals surface area (Å²) in [6.07, 6.45) is 3.50. The van der Waals surface area contributed by atoms with E-state index < -0.39 is 0 Å². The lowest BCUT2D eigenvalue weighted by Gasteiger charge is -2.22. The second kappa shape index (κ2) is 9.56. The predicted octanol–water partition coefficient (Wildman–Crippen LogP) is 2.67. The maximum atomic E-state index is 12.6. The lowest BCUT2D eigenvalue weighted by molar-refractivity contribution is -0.142. The third-order valence-corrected chi connectivity index (χ3v) is 4.17. The van der Waals surface area contributed by atoms with Crippen LogP contribution in [0.4, 0.5) is 0 Å². The Morgan fingerprint density at radius 2 is 1.96 bits per heavy atom. The summed E-state index contributed by atoms with van der Waals surface area (Å²) in [7, 11) is 1.33. The molecule has 0 radical (unpaired) electrons. The van der Waals surface area contributed by atoms with Gasteiger partial charge in [-0.05, 0) is 42.7 Å². The van der Waals surface area contributed by atoms with Crippen molar-refractivity contribution < 1.29 is 19.1 Å². The maximum Gasteiger partial charge on any atom is 0.307 e. The number of carbonyl (C=O) groups excluding carboxylic acids is 2. The Bertz CT molecular complexity index is 747. The van der Waals surface area contributed by atoms with Crippen molar-refractivity contribution >= 4 is 11.9 Å². The zero-order chi connectivity index (χ0) is 18.9. The molecular weight excluding hydrogens is 332 g/mol. The Hall–Kier alpha value is -2.89. The van der Waals surface area contributed by atoms with E-state index in [1.54, 1.807) is 17.3 Å². The van der Waals surface area contributed by atoms with Gasteiger partial charge in [0.2, 0.25) is 0 Å². The van der Waals surface area contributed by atoms with Gasteiger partial charge in [-0.15, -0.1) is 0 Å². The Balaban J connectivity index is 2.03. The molecule has 0 aliphatic rings. The fraction of sp³-hybridized carbons (Fsp3) is 0.350. The molecule has 0 spiro atoms. The average molecular weight is 356 g/mol. The van der Waals surface area contributed by atoms with Gasteiger partial charge in [0.05, 0.1) is 13.5 Å². The molecule has 26 heavy (non-hydrogen) atoms. The topological polar surface area (TPSA) is 68.7 Å². The minimum atomic E-state index is -0.357. The van der Waals surface area contributed by atoms with Crippen molar-refractivity contribution in [3.63, 3.8) is 0 Å². The zero-order valence-corrected chi connectivity index (χ0v) is 15.4. The standard InChI is InChI=1S/C20H24N2O4/c1-15-6-4-8-18(16(15)2)26-14-19(23)22(11-9-20(24)25-3)13-17-7-5-10-21-12-17/h4-8,10,12H,9,11,13-14H2,1-3H3. The van der Waals surface area contributed by atoms with E-state index in [0.29, 0.717) is 12.3 Å². The number of amides is 1. The molecule has 0 bridgehead atoms. The molecule has 0 aliphatic carbocycles. The number of hydrogen-bond acceptors (Lipinski definition) is 5. The van der Waals surface area contributed by atoms with Gasteiger partial charge in [-0.3, -0.25) is 14.6 Å². The third-order valence-electron chi connectivity index (χ3n) is 4.17. The third kappa shape index (κ3) is 5.58. The number of aryl methyl sites for hydroxylation is 1. The first kappa shape index (κ1) is 19.4. The first-order valence-corrected chi connectivity index (χ1v) is 8.43. The van der Waals surface area contributed by atoms with Crippen LogP contribution in [0, 0.1) is 13.8 Å². The molecule has 6 heteroatoms. The van der Waals surface area contributed by atoms with Crippen molar-refractivity contribution in [2.24, 2.45) is 0 Å². The molecule has 2 rings (SSSR count). The molecule has 1 aromatic heterocycles. The number of pyridine rings is 1. The van der Waals surface area contributed by atoms with Crippen LogP contribution in [0.15, 0.2) is 42.7 Å². The maximum absolute atomic E-state index is 12.6. The van der Waals surface area contributed by atoms with Gasteiger partial charge in [-0.1, -0.05) is 18.2 Å². The van der Waals surface area contributed by atoms with E-state index in [-0.39, 0.29) is 31.4 Å². The summed E-state index contributed by atoms with van der Waals surface area (Å²) < 4.78 is 10.4. The van der Waals surface area contributed by atoms with E-state index in [1.807, 2.05) is 44.2 Å². The van der Waals surface area contributed by atoms with E-state index >= 15 is 0 Å². The highest BCUT2D eigenvalue weighted by Gasteiger charge is 2.17. The van der Waals surface area contributed by atoms with Crippen LogP contribution < -0.4 is 4.74 Å². The molecule has 0 N–H and O–H groups in total. The SMILES string of the molecule is COC(=O)CCN(Cc1cccnc1)C(=O)COc1cccc(C)c1C. The monoisotopic (exact) mass is 356 g/mol. The molecule has 138 valence electrons. The van der Waals surface area contributed by atoms with Gasteiger partial charge in [-0.2, -0.15) is 0 Å². The minimum Gasteiger partial charge on any atom is -0.483 e. The van der Waals surface area contributed by atoms with Crippen molar-refractivity contribution in [3.05, 3.63) is 59.4 Å². The van der Waals surface area contributed by atoms with Crippen LogP contribution in [0.5, 0.6) is 5.75 Å². The van der Waals surface area contributed by atoms with Crippen molar-refractivity contribution in [2.75, 3.05) is 20.3 Å². The van der Waals surface area contributed by atoms with Crippen LogP contribution in [0.25, 0.3) is 0 Å². The van der Waals surface area contributed by atoms with Gasteiger partial charge in [0.1, 0.15) is 5.75 Å². The predicted molar refractivity (Wildman–Crippen MR) is 97.7 cm³/mol. The smallest absolute Gasteiger partial charge is 0.307 e. The Morgan fingerprint density at radius 1 is 1.15 bits per heavy atom. The molecule has 0 saturated carbocycles. The van der Waals surface area contributed by atoms with Crippen LogP contribution in [0.2, 0.25) is 0 Å². The van der Waals surface area contributed by atoms with E-state index in [0.717, 1.165) is 16.7 Å². The molecule has 6 nitrogen and oxygen atoms in total. The highest BCUT2D eigenvalue weighted by Crippen LogP contribution is 2.20. The number of rotatable bonds is 8. The van der Waals surface area contributed by atoms with Crippen molar-refractivity contribution in [1.29, 1.82) is 0 Å². The van der Waals surface area contributed by atoms with Gasteiger partial charge in [-0.25, -0.2) is 0 Å². The zero-order valence-electron chi connectivity index (χ0n) is 15.4. The number of nitrogens with zero attached hydrogens (tertiary/aromatic N) is 2. The fourth-order valence-corrected chi connectivity index (χ4v) is 2.44. The van der Waals surface area contributed by atoms with Gasteiger partial charge in [0, 0.05) is 25.5 Å². The van der Waals surface area contributed by atoms with E-state index in [4.69, 9.17) is 4.74 Å². The molecule has 0 unspecified atom stereocenters. The van der Waals surface area contributed by atoms with Crippen LogP contribution in [0.3, 0.4) is 0 Å². The molecule has 1 amide bonds. The van der Waals surface area contributed by atoms with E-state index in [2.05, 4.69) is 9.72 Å². The fourth-order valence-electron chi connectivity index (χ4n) is 2.44. The molecule has 1 aromatic carbocycles. The van der Waals surface area contributed by atoms with E-state index in [1.165, 1.54) is 7.11 Å². The summed E-state index contributed by atoms with van der Waals surface area (Å²) in [6.45, 7) is 4.48. The second-order valence-electron chi connectivity index (χ2n) is 5.99. The summed E-state index contributed by atoms with van der Waals surface area (Å²) in [4.78, 5) is 29.7. The van der Waals surface area contributed by atoms with Gasteiger partial charge >= 0.3 is 5.97 Å². The minimum absolute atomic E-state index is 0.0915. The summed E-state index contributed by atoms with van der Waals surface area (Å²) in [5, 5.41) is 0. The molecular formula is C20H24N2O4. The summed E-state index contributed by atoms with van der Waals surface area (Å²) in [5.74, 6) is 0.135. The van der Waals surface area contributed by atoms with Crippen molar-refractivity contribution in [3.8, 4) is 5.75 Å². The lowest BCUT2D eigenvalue weighted by atomic mass is 10.1. The molecule has 0 fully saturated rings. The lowest BCUT2D eigenvalue weighted by Crippen LogP contribution is -2.36. The normalized spacial score (nSPS) is 10.3. The van der Waals surface area contributed by atoms with Gasteiger partial charge < -0.3 is 14.4 Å². The van der Waals surface area contributed by atoms with E-state index in [9.17, 15) is 9.59 Å². The number of esters is 1. The van der Waals surface area contributed by atoms with Crippen LogP contribution in [-0.4, -0.2) is 42.0 Å². The molecule has 1 heterocycles. The number of hydrogen-bond donors (Lipinski definition) is 0. The highest BCUT2D eigenvalue weighted by atomic mass is 16.5. The van der Waals surface area contributed by atoms with Crippen LogP contribution >= 0.6 is 0 Å². The van der Waals surface area contributed by atoms with Crippen molar-refractivity contribution in [1.82, 2.24) is 9.88 Å². The quantitative estimate of drug-likeness (QED) is 0.680. The first-order chi connectivity index (χ1) is 12.5. The number of benzene rings is 1. The largest absolute Gasteiger partial charge is 0.483 e. The second-order valence-corrected chi connectivity index (χ2v) is 5.99. The Kier molecular flexibility index (Phi) is 7.14. The van der Waals surface area contributed by atoms with Crippen LogP contribution in [0.1, 0.15) is 23.1 Å². The average Bonchev–Trinajstić information content (AvgIpc) is 2.66. The first-order valence-electron chi connectivity index (χ1n) is 8.43. The number of ether oxygens (including phenoxy) is 2. The number of aromatic nitrogens is 1. The van der Waals surface area contributed by atoms with Gasteiger partial charge in [0.15, 0.2) is 6.61 Å².